The van der Waals surface area contributed by atoms with Gasteiger partial charge in [0.2, 0.25) is 0 Å². The largest absolute Gasteiger partial charge is 0.364 e. The standard InChI is InChI=1S/C22H22N6/c1-27-17-26-15-22(27)16-28(21-7-5-18(12-23)6-8-21)10-9-25-14-20-4-2-3-19(11-20)13-24/h2-8,11,15,17,25H,9-10,14,16H2,1H3. The molecule has 0 radical (unpaired) electrons. The number of aromatic nitrogens is 2. The molecular formula is C22H22N6. The number of nitriles is 2. The van der Waals surface area contributed by atoms with Gasteiger partial charge in [-0.25, -0.2) is 4.98 Å². The van der Waals surface area contributed by atoms with Crippen LogP contribution >= 0.6 is 0 Å². The highest BCUT2D eigenvalue weighted by Gasteiger charge is 2.10. The molecule has 0 amide bonds. The molecule has 3 rings (SSSR count). The smallest absolute Gasteiger partial charge is 0.0991 e. The molecule has 140 valence electrons. The van der Waals surface area contributed by atoms with Gasteiger partial charge in [-0.2, -0.15) is 10.5 Å². The number of benzene rings is 2. The van der Waals surface area contributed by atoms with Gasteiger partial charge < -0.3 is 14.8 Å². The number of nitrogens with one attached hydrogen (secondary N) is 1. The van der Waals surface area contributed by atoms with E-state index in [4.69, 9.17) is 10.5 Å². The van der Waals surface area contributed by atoms with Gasteiger partial charge >= 0.3 is 0 Å². The monoisotopic (exact) mass is 370 g/mol. The van der Waals surface area contributed by atoms with Gasteiger partial charge in [0.1, 0.15) is 0 Å². The Morgan fingerprint density at radius 1 is 1.07 bits per heavy atom. The minimum atomic E-state index is 0.653. The molecule has 1 N–H and O–H groups in total. The van der Waals surface area contributed by atoms with E-state index >= 15 is 0 Å². The maximum absolute atomic E-state index is 9.02. The van der Waals surface area contributed by atoms with Crippen molar-refractivity contribution in [1.29, 1.82) is 10.5 Å². The number of hydrogen-bond acceptors (Lipinski definition) is 5. The Bertz CT molecular complexity index is 991. The zero-order chi connectivity index (χ0) is 19.8. The average Bonchev–Trinajstić information content (AvgIpc) is 3.15. The Hall–Kier alpha value is -3.61. The van der Waals surface area contributed by atoms with Crippen molar-refractivity contribution in [2.45, 2.75) is 13.1 Å². The van der Waals surface area contributed by atoms with Crippen LogP contribution in [-0.4, -0.2) is 22.6 Å². The Balaban J connectivity index is 1.64. The molecule has 2 aromatic carbocycles. The van der Waals surface area contributed by atoms with E-state index in [1.54, 1.807) is 6.33 Å². The molecule has 1 aromatic heterocycles. The molecule has 0 bridgehead atoms. The third-order valence-corrected chi connectivity index (χ3v) is 4.57. The van der Waals surface area contributed by atoms with Gasteiger partial charge in [0.05, 0.1) is 41.8 Å². The molecule has 0 fully saturated rings. The van der Waals surface area contributed by atoms with Crippen molar-refractivity contribution in [2.75, 3.05) is 18.0 Å². The van der Waals surface area contributed by atoms with Crippen LogP contribution in [0.1, 0.15) is 22.4 Å². The van der Waals surface area contributed by atoms with Crippen LogP contribution in [0.3, 0.4) is 0 Å². The number of hydrogen-bond donors (Lipinski definition) is 1. The molecule has 0 spiro atoms. The fourth-order valence-corrected chi connectivity index (χ4v) is 2.98. The lowest BCUT2D eigenvalue weighted by molar-refractivity contribution is 0.647. The van der Waals surface area contributed by atoms with E-state index in [0.29, 0.717) is 17.7 Å². The van der Waals surface area contributed by atoms with Crippen molar-refractivity contribution in [3.8, 4) is 12.1 Å². The summed E-state index contributed by atoms with van der Waals surface area (Å²) in [4.78, 5) is 6.46. The molecule has 0 atom stereocenters. The molecule has 0 saturated heterocycles. The number of anilines is 1. The van der Waals surface area contributed by atoms with Gasteiger partial charge in [0.15, 0.2) is 0 Å². The minimum absolute atomic E-state index is 0.653. The highest BCUT2D eigenvalue weighted by atomic mass is 15.2. The van der Waals surface area contributed by atoms with Crippen LogP contribution < -0.4 is 10.2 Å². The van der Waals surface area contributed by atoms with E-state index in [1.165, 1.54) is 0 Å². The number of nitrogens with zero attached hydrogens (tertiary/aromatic N) is 5. The van der Waals surface area contributed by atoms with Crippen molar-refractivity contribution in [3.05, 3.63) is 83.4 Å². The second-order valence-electron chi connectivity index (χ2n) is 6.57. The quantitative estimate of drug-likeness (QED) is 0.617. The van der Waals surface area contributed by atoms with Gasteiger partial charge in [-0.15, -0.1) is 0 Å². The summed E-state index contributed by atoms with van der Waals surface area (Å²) < 4.78 is 2.01. The molecule has 0 aliphatic rings. The third kappa shape index (κ3) is 4.97. The molecule has 6 heteroatoms. The van der Waals surface area contributed by atoms with Crippen LogP contribution in [0.2, 0.25) is 0 Å². The summed E-state index contributed by atoms with van der Waals surface area (Å²) in [6.07, 6.45) is 3.67. The maximum atomic E-state index is 9.02. The van der Waals surface area contributed by atoms with Gasteiger partial charge in [-0.05, 0) is 42.0 Å². The van der Waals surface area contributed by atoms with Crippen LogP contribution in [0.5, 0.6) is 0 Å². The van der Waals surface area contributed by atoms with Crippen molar-refractivity contribution >= 4 is 5.69 Å². The van der Waals surface area contributed by atoms with Crippen molar-refractivity contribution < 1.29 is 0 Å². The summed E-state index contributed by atoms with van der Waals surface area (Å²) in [6, 6.07) is 19.6. The van der Waals surface area contributed by atoms with Gasteiger partial charge in [0, 0.05) is 38.6 Å². The SMILES string of the molecule is Cn1cncc1CN(CCNCc1cccc(C#N)c1)c1ccc(C#N)cc1. The zero-order valence-electron chi connectivity index (χ0n) is 15.8. The molecule has 3 aromatic rings. The first kappa shape index (κ1) is 19.2. The summed E-state index contributed by atoms with van der Waals surface area (Å²) in [6.45, 7) is 3.03. The van der Waals surface area contributed by atoms with Gasteiger partial charge in [-0.3, -0.25) is 0 Å². The molecule has 0 saturated carbocycles. The van der Waals surface area contributed by atoms with E-state index in [1.807, 2.05) is 66.3 Å². The zero-order valence-corrected chi connectivity index (χ0v) is 15.8. The van der Waals surface area contributed by atoms with Gasteiger partial charge in [0.25, 0.3) is 0 Å². The summed E-state index contributed by atoms with van der Waals surface area (Å²) >= 11 is 0. The van der Waals surface area contributed by atoms with Crippen LogP contribution in [0.15, 0.2) is 61.1 Å². The van der Waals surface area contributed by atoms with Crippen LogP contribution in [-0.2, 0) is 20.1 Å². The van der Waals surface area contributed by atoms with E-state index in [9.17, 15) is 0 Å². The summed E-state index contributed by atoms with van der Waals surface area (Å²) in [5.74, 6) is 0. The minimum Gasteiger partial charge on any atom is -0.364 e. The summed E-state index contributed by atoms with van der Waals surface area (Å²) in [7, 11) is 1.99. The molecule has 0 aliphatic carbocycles. The van der Waals surface area contributed by atoms with Crippen molar-refractivity contribution in [1.82, 2.24) is 14.9 Å². The highest BCUT2D eigenvalue weighted by molar-refractivity contribution is 5.50. The normalized spacial score (nSPS) is 10.2. The fraction of sp³-hybridized carbons (Fsp3) is 0.227. The van der Waals surface area contributed by atoms with Crippen LogP contribution in [0, 0.1) is 22.7 Å². The Labute approximate surface area is 165 Å². The molecule has 0 unspecified atom stereocenters. The Morgan fingerprint density at radius 2 is 1.86 bits per heavy atom. The Morgan fingerprint density at radius 3 is 2.54 bits per heavy atom. The van der Waals surface area contributed by atoms with Gasteiger partial charge in [-0.1, -0.05) is 12.1 Å². The van der Waals surface area contributed by atoms with E-state index < -0.39 is 0 Å². The molecular weight excluding hydrogens is 348 g/mol. The maximum Gasteiger partial charge on any atom is 0.0991 e. The van der Waals surface area contributed by atoms with Crippen molar-refractivity contribution in [3.63, 3.8) is 0 Å². The average molecular weight is 370 g/mol. The first-order valence-electron chi connectivity index (χ1n) is 9.09. The molecule has 28 heavy (non-hydrogen) atoms. The summed E-state index contributed by atoms with van der Waals surface area (Å²) in [5, 5.41) is 21.5. The second kappa shape index (κ2) is 9.36. The molecule has 0 aliphatic heterocycles. The first-order chi connectivity index (χ1) is 13.7. The van der Waals surface area contributed by atoms with Crippen LogP contribution in [0.4, 0.5) is 5.69 Å². The lowest BCUT2D eigenvalue weighted by Crippen LogP contribution is -2.32. The van der Waals surface area contributed by atoms with E-state index in [0.717, 1.165) is 36.6 Å². The second-order valence-corrected chi connectivity index (χ2v) is 6.57. The Kier molecular flexibility index (Phi) is 6.41. The van der Waals surface area contributed by atoms with E-state index in [-0.39, 0.29) is 0 Å². The molecule has 6 nitrogen and oxygen atoms in total. The predicted octanol–water partition coefficient (Wildman–Crippen LogP) is 2.96. The number of aryl methyl sites for hydroxylation is 1. The number of rotatable bonds is 8. The lowest BCUT2D eigenvalue weighted by Gasteiger charge is -2.25. The fourth-order valence-electron chi connectivity index (χ4n) is 2.98. The third-order valence-electron chi connectivity index (χ3n) is 4.57. The van der Waals surface area contributed by atoms with Crippen molar-refractivity contribution in [2.24, 2.45) is 7.05 Å². The van der Waals surface area contributed by atoms with E-state index in [2.05, 4.69) is 27.3 Å². The number of imidazole rings is 1. The first-order valence-corrected chi connectivity index (χ1v) is 9.09. The summed E-state index contributed by atoms with van der Waals surface area (Å²) in [5.41, 5.74) is 4.60. The van der Waals surface area contributed by atoms with Crippen LogP contribution in [0.25, 0.3) is 0 Å². The topological polar surface area (TPSA) is 80.7 Å². The molecule has 1 heterocycles. The predicted molar refractivity (Wildman–Crippen MR) is 108 cm³/mol. The highest BCUT2D eigenvalue weighted by Crippen LogP contribution is 2.17. The lowest BCUT2D eigenvalue weighted by atomic mass is 10.1.